The summed E-state index contributed by atoms with van der Waals surface area (Å²) < 4.78 is 29.3. The summed E-state index contributed by atoms with van der Waals surface area (Å²) in [6, 6.07) is 11.6. The van der Waals surface area contributed by atoms with E-state index in [1.807, 2.05) is 31.2 Å². The first kappa shape index (κ1) is 19.6. The number of ether oxygens (including phenoxy) is 1. The van der Waals surface area contributed by atoms with Crippen molar-refractivity contribution in [3.63, 3.8) is 0 Å². The lowest BCUT2D eigenvalue weighted by molar-refractivity contribution is -0.128. The van der Waals surface area contributed by atoms with E-state index >= 15 is 0 Å². The number of carbonyl (C=O) groups excluding carboxylic acids is 1. The normalized spacial score (nSPS) is 14.6. The number of fused-ring (bicyclic) bond motifs is 1. The van der Waals surface area contributed by atoms with Crippen LogP contribution in [0.3, 0.4) is 0 Å². The summed E-state index contributed by atoms with van der Waals surface area (Å²) in [5.41, 5.74) is 2.20. The summed E-state index contributed by atoms with van der Waals surface area (Å²) in [5, 5.41) is 5.12. The molecule has 0 unspecified atom stereocenters. The lowest BCUT2D eigenvalue weighted by Crippen LogP contribution is -2.33. The molecule has 1 aliphatic rings. The molecule has 27 heavy (non-hydrogen) atoms. The van der Waals surface area contributed by atoms with Crippen LogP contribution in [0.5, 0.6) is 5.75 Å². The molecule has 0 aromatic heterocycles. The van der Waals surface area contributed by atoms with Crippen LogP contribution in [0.2, 0.25) is 0 Å². The zero-order valence-corrected chi connectivity index (χ0v) is 17.2. The highest BCUT2D eigenvalue weighted by atomic mass is 79.9. The molecule has 1 atom stereocenters. The number of amides is 1. The van der Waals surface area contributed by atoms with Gasteiger partial charge in [-0.2, -0.15) is 0 Å². The maximum atomic E-state index is 12.9. The highest BCUT2D eigenvalue weighted by Crippen LogP contribution is 2.30. The Hall–Kier alpha value is -2.16. The molecule has 6 nitrogen and oxygen atoms in total. The number of sulfonamides is 1. The molecule has 0 bridgehead atoms. The first-order valence-corrected chi connectivity index (χ1v) is 10.5. The molecule has 8 heteroatoms. The molecule has 3 rings (SSSR count). The van der Waals surface area contributed by atoms with Crippen molar-refractivity contribution in [1.29, 1.82) is 0 Å². The summed E-state index contributed by atoms with van der Waals surface area (Å²) in [4.78, 5) is 14.5. The number of primary sulfonamides is 1. The van der Waals surface area contributed by atoms with E-state index in [9.17, 15) is 13.2 Å². The van der Waals surface area contributed by atoms with Crippen LogP contribution in [0.1, 0.15) is 24.1 Å². The predicted octanol–water partition coefficient (Wildman–Crippen LogP) is 3.09. The summed E-state index contributed by atoms with van der Waals surface area (Å²) >= 11 is 3.42. The molecular weight excluding hydrogens is 432 g/mol. The first-order valence-electron chi connectivity index (χ1n) is 8.19. The Morgan fingerprint density at radius 1 is 1.22 bits per heavy atom. The van der Waals surface area contributed by atoms with E-state index < -0.39 is 10.0 Å². The molecule has 0 saturated heterocycles. The standard InChI is InChI=1S/C19H19BrN2O4S/c1-12(13-3-6-17(7-4-13)27(21,24)25)22(2)19(23)15-9-14-10-16(20)5-8-18(14)26-11-15/h3-10,12H,11H2,1-2H3,(H2,21,24,25)/t12-/m0/s1. The minimum atomic E-state index is -3.74. The predicted molar refractivity (Wildman–Crippen MR) is 107 cm³/mol. The van der Waals surface area contributed by atoms with Gasteiger partial charge in [-0.3, -0.25) is 4.79 Å². The highest BCUT2D eigenvalue weighted by Gasteiger charge is 2.24. The van der Waals surface area contributed by atoms with Gasteiger partial charge < -0.3 is 9.64 Å². The molecule has 0 fully saturated rings. The van der Waals surface area contributed by atoms with Crippen molar-refractivity contribution in [3.05, 3.63) is 63.6 Å². The molecule has 0 aliphatic carbocycles. The van der Waals surface area contributed by atoms with E-state index in [0.717, 1.165) is 21.3 Å². The van der Waals surface area contributed by atoms with Crippen LogP contribution in [-0.4, -0.2) is 32.9 Å². The number of benzene rings is 2. The Kier molecular flexibility index (Phi) is 5.41. The van der Waals surface area contributed by atoms with Crippen molar-refractivity contribution >= 4 is 37.9 Å². The molecular formula is C19H19BrN2O4S. The van der Waals surface area contributed by atoms with Gasteiger partial charge in [0, 0.05) is 17.1 Å². The quantitative estimate of drug-likeness (QED) is 0.774. The monoisotopic (exact) mass is 450 g/mol. The van der Waals surface area contributed by atoms with Crippen LogP contribution in [0, 0.1) is 0 Å². The summed E-state index contributed by atoms with van der Waals surface area (Å²) in [6.07, 6.45) is 1.83. The maximum Gasteiger partial charge on any atom is 0.253 e. The van der Waals surface area contributed by atoms with Crippen LogP contribution in [0.15, 0.2) is 57.4 Å². The van der Waals surface area contributed by atoms with Gasteiger partial charge in [0.1, 0.15) is 12.4 Å². The number of halogens is 1. The Morgan fingerprint density at radius 2 is 1.89 bits per heavy atom. The number of hydrogen-bond donors (Lipinski definition) is 1. The van der Waals surface area contributed by atoms with E-state index in [1.165, 1.54) is 12.1 Å². The molecule has 142 valence electrons. The van der Waals surface area contributed by atoms with Crippen molar-refractivity contribution in [2.45, 2.75) is 17.9 Å². The summed E-state index contributed by atoms with van der Waals surface area (Å²) in [5.74, 6) is 0.590. The van der Waals surface area contributed by atoms with Crippen molar-refractivity contribution in [3.8, 4) is 5.75 Å². The van der Waals surface area contributed by atoms with Crippen LogP contribution in [-0.2, 0) is 14.8 Å². The second-order valence-corrected chi connectivity index (χ2v) is 8.82. The molecule has 1 amide bonds. The third-order valence-corrected chi connectivity index (χ3v) is 5.97. The molecule has 2 aromatic carbocycles. The number of rotatable bonds is 4. The maximum absolute atomic E-state index is 12.9. The minimum Gasteiger partial charge on any atom is -0.488 e. The Morgan fingerprint density at radius 3 is 2.52 bits per heavy atom. The van der Waals surface area contributed by atoms with Gasteiger partial charge in [0.05, 0.1) is 16.5 Å². The van der Waals surface area contributed by atoms with Crippen LogP contribution in [0.4, 0.5) is 0 Å². The van der Waals surface area contributed by atoms with Crippen molar-refractivity contribution in [2.24, 2.45) is 5.14 Å². The average molecular weight is 451 g/mol. The molecule has 0 radical (unpaired) electrons. The van der Waals surface area contributed by atoms with Crippen LogP contribution in [0.25, 0.3) is 6.08 Å². The van der Waals surface area contributed by atoms with Gasteiger partial charge in [0.15, 0.2) is 0 Å². The second-order valence-electron chi connectivity index (χ2n) is 6.35. The minimum absolute atomic E-state index is 0.0398. The summed E-state index contributed by atoms with van der Waals surface area (Å²) in [6.45, 7) is 2.08. The fourth-order valence-electron chi connectivity index (χ4n) is 2.83. The zero-order valence-electron chi connectivity index (χ0n) is 14.8. The number of likely N-dealkylation sites (N-methyl/N-ethyl adjacent to an activating group) is 1. The van der Waals surface area contributed by atoms with Gasteiger partial charge in [0.25, 0.3) is 5.91 Å². The number of carbonyl (C=O) groups is 1. The Balaban J connectivity index is 1.81. The number of nitrogens with two attached hydrogens (primary N) is 1. The molecule has 0 saturated carbocycles. The lowest BCUT2D eigenvalue weighted by Gasteiger charge is -2.28. The fourth-order valence-corrected chi connectivity index (χ4v) is 3.73. The van der Waals surface area contributed by atoms with E-state index in [2.05, 4.69) is 15.9 Å². The van der Waals surface area contributed by atoms with Gasteiger partial charge in [-0.05, 0) is 48.9 Å². The first-order chi connectivity index (χ1) is 12.7. The highest BCUT2D eigenvalue weighted by molar-refractivity contribution is 9.10. The van der Waals surface area contributed by atoms with Gasteiger partial charge in [-0.15, -0.1) is 0 Å². The molecule has 2 N–H and O–H groups in total. The molecule has 2 aromatic rings. The SMILES string of the molecule is C[C@@H](c1ccc(S(N)(=O)=O)cc1)N(C)C(=O)C1=Cc2cc(Br)ccc2OC1. The second kappa shape index (κ2) is 7.46. The average Bonchev–Trinajstić information content (AvgIpc) is 2.65. The van der Waals surface area contributed by atoms with E-state index in [4.69, 9.17) is 9.88 Å². The number of nitrogens with zero attached hydrogens (tertiary/aromatic N) is 1. The third kappa shape index (κ3) is 4.23. The molecule has 1 heterocycles. The lowest BCUT2D eigenvalue weighted by atomic mass is 10.0. The number of hydrogen-bond acceptors (Lipinski definition) is 4. The topological polar surface area (TPSA) is 89.7 Å². The fraction of sp³-hybridized carbons (Fsp3) is 0.211. The van der Waals surface area contributed by atoms with Crippen LogP contribution >= 0.6 is 15.9 Å². The van der Waals surface area contributed by atoms with E-state index in [-0.39, 0.29) is 23.5 Å². The van der Waals surface area contributed by atoms with E-state index in [1.54, 1.807) is 24.1 Å². The Labute approximate surface area is 166 Å². The third-order valence-electron chi connectivity index (χ3n) is 4.55. The van der Waals surface area contributed by atoms with E-state index in [0.29, 0.717) is 5.57 Å². The van der Waals surface area contributed by atoms with Crippen molar-refractivity contribution in [1.82, 2.24) is 4.90 Å². The molecule has 0 spiro atoms. The van der Waals surface area contributed by atoms with Gasteiger partial charge in [0.2, 0.25) is 10.0 Å². The molecule has 1 aliphatic heterocycles. The van der Waals surface area contributed by atoms with Crippen molar-refractivity contribution < 1.29 is 17.9 Å². The smallest absolute Gasteiger partial charge is 0.253 e. The largest absolute Gasteiger partial charge is 0.488 e. The Bertz CT molecular complexity index is 1020. The van der Waals surface area contributed by atoms with Gasteiger partial charge in [-0.25, -0.2) is 13.6 Å². The van der Waals surface area contributed by atoms with Gasteiger partial charge in [-0.1, -0.05) is 28.1 Å². The van der Waals surface area contributed by atoms with Crippen molar-refractivity contribution in [2.75, 3.05) is 13.7 Å². The zero-order chi connectivity index (χ0) is 19.8. The summed E-state index contributed by atoms with van der Waals surface area (Å²) in [7, 11) is -2.03. The van der Waals surface area contributed by atoms with Crippen LogP contribution < -0.4 is 9.88 Å². The van der Waals surface area contributed by atoms with Gasteiger partial charge >= 0.3 is 0 Å².